The average Bonchev–Trinajstić information content (AvgIpc) is 3.26. The minimum atomic E-state index is -0.902. The molecule has 3 heterocycles. The summed E-state index contributed by atoms with van der Waals surface area (Å²) in [5, 5.41) is 18.7. The molecule has 2 N–H and O–H groups in total. The molecule has 0 aliphatic carbocycles. The van der Waals surface area contributed by atoms with Gasteiger partial charge in [-0.25, -0.2) is 14.6 Å². The maximum absolute atomic E-state index is 11.5. The number of fused-ring (bicyclic) bond motifs is 1. The lowest BCUT2D eigenvalue weighted by Gasteiger charge is -2.40. The summed E-state index contributed by atoms with van der Waals surface area (Å²) in [5.74, 6) is -0.252. The Labute approximate surface area is 210 Å². The number of rotatable bonds is 7. The van der Waals surface area contributed by atoms with Gasteiger partial charge in [0.2, 0.25) is 0 Å². The van der Waals surface area contributed by atoms with Crippen LogP contribution in [0, 0.1) is 5.92 Å². The highest BCUT2D eigenvalue weighted by Crippen LogP contribution is 2.37. The number of hydrogen-bond acceptors (Lipinski definition) is 5. The van der Waals surface area contributed by atoms with Crippen molar-refractivity contribution in [2.45, 2.75) is 44.9 Å². The molecule has 1 saturated heterocycles. The average molecular weight is 489 g/mol. The van der Waals surface area contributed by atoms with E-state index in [1.165, 1.54) is 0 Å². The monoisotopic (exact) mass is 488 g/mol. The number of imidazole rings is 1. The van der Waals surface area contributed by atoms with Gasteiger partial charge >= 0.3 is 11.9 Å². The second kappa shape index (κ2) is 10.6. The van der Waals surface area contributed by atoms with Gasteiger partial charge in [0.15, 0.2) is 0 Å². The van der Waals surface area contributed by atoms with Gasteiger partial charge in [-0.2, -0.15) is 0 Å². The first kappa shape index (κ1) is 24.2. The van der Waals surface area contributed by atoms with E-state index in [1.807, 2.05) is 30.5 Å². The summed E-state index contributed by atoms with van der Waals surface area (Å²) in [6.45, 7) is 5.21. The van der Waals surface area contributed by atoms with Crippen molar-refractivity contribution in [2.24, 2.45) is 5.92 Å². The lowest BCUT2D eigenvalue weighted by molar-refractivity contribution is 0.0684. The number of carbonyl (C=O) groups is 2. The Morgan fingerprint density at radius 3 is 2.14 bits per heavy atom. The molecule has 2 aliphatic rings. The van der Waals surface area contributed by atoms with E-state index >= 15 is 0 Å². The van der Waals surface area contributed by atoms with Crippen LogP contribution in [-0.2, 0) is 19.6 Å². The molecule has 0 bridgehead atoms. The molecular formula is C28H32N4O4. The van der Waals surface area contributed by atoms with Gasteiger partial charge in [-0.3, -0.25) is 9.80 Å². The van der Waals surface area contributed by atoms with Crippen LogP contribution in [0.1, 0.15) is 63.0 Å². The van der Waals surface area contributed by atoms with Gasteiger partial charge < -0.3 is 14.8 Å². The molecule has 0 spiro atoms. The SMILES string of the molecule is O=C(O)c1cccc(CN2CCC(C3c4nccn4CCCN3Cc3cccc(C(=O)O)c3)CC2)c1. The fourth-order valence-electron chi connectivity index (χ4n) is 5.73. The van der Waals surface area contributed by atoms with Gasteiger partial charge in [-0.1, -0.05) is 24.3 Å². The van der Waals surface area contributed by atoms with E-state index in [0.29, 0.717) is 23.6 Å². The highest BCUT2D eigenvalue weighted by atomic mass is 16.4. The summed E-state index contributed by atoms with van der Waals surface area (Å²) in [6.07, 6.45) is 7.05. The minimum Gasteiger partial charge on any atom is -0.478 e. The van der Waals surface area contributed by atoms with Gasteiger partial charge in [-0.05, 0) is 73.7 Å². The number of benzene rings is 2. The third-order valence-corrected chi connectivity index (χ3v) is 7.47. The lowest BCUT2D eigenvalue weighted by Crippen LogP contribution is -2.41. The number of aromatic carboxylic acids is 2. The highest BCUT2D eigenvalue weighted by Gasteiger charge is 2.36. The summed E-state index contributed by atoms with van der Waals surface area (Å²) in [7, 11) is 0. The number of hydrogen-bond donors (Lipinski definition) is 2. The molecule has 188 valence electrons. The molecule has 1 atom stereocenters. The van der Waals surface area contributed by atoms with Crippen molar-refractivity contribution in [2.75, 3.05) is 19.6 Å². The van der Waals surface area contributed by atoms with Crippen LogP contribution in [0.2, 0.25) is 0 Å². The molecule has 3 aromatic rings. The number of likely N-dealkylation sites (tertiary alicyclic amines) is 1. The number of nitrogens with zero attached hydrogens (tertiary/aromatic N) is 4. The third-order valence-electron chi connectivity index (χ3n) is 7.47. The first-order valence-corrected chi connectivity index (χ1v) is 12.6. The van der Waals surface area contributed by atoms with Crippen molar-refractivity contribution in [1.29, 1.82) is 0 Å². The Morgan fingerprint density at radius 2 is 1.50 bits per heavy atom. The normalized spacial score (nSPS) is 19.5. The van der Waals surface area contributed by atoms with Gasteiger partial charge in [-0.15, -0.1) is 0 Å². The van der Waals surface area contributed by atoms with E-state index in [2.05, 4.69) is 20.6 Å². The van der Waals surface area contributed by atoms with E-state index < -0.39 is 11.9 Å². The molecule has 36 heavy (non-hydrogen) atoms. The maximum atomic E-state index is 11.5. The summed E-state index contributed by atoms with van der Waals surface area (Å²) in [6, 6.07) is 14.6. The zero-order valence-electron chi connectivity index (χ0n) is 20.3. The molecule has 8 nitrogen and oxygen atoms in total. The second-order valence-electron chi connectivity index (χ2n) is 9.87. The van der Waals surface area contributed by atoms with E-state index in [4.69, 9.17) is 4.98 Å². The highest BCUT2D eigenvalue weighted by molar-refractivity contribution is 5.88. The van der Waals surface area contributed by atoms with Gasteiger partial charge in [0.25, 0.3) is 0 Å². The molecule has 2 aromatic carbocycles. The maximum Gasteiger partial charge on any atom is 0.335 e. The third kappa shape index (κ3) is 5.34. The molecule has 0 amide bonds. The van der Waals surface area contributed by atoms with Crippen LogP contribution in [0.5, 0.6) is 0 Å². The number of carboxylic acid groups (broad SMARTS) is 2. The predicted molar refractivity (Wildman–Crippen MR) is 135 cm³/mol. The van der Waals surface area contributed by atoms with Gasteiger partial charge in [0.05, 0.1) is 17.2 Å². The minimum absolute atomic E-state index is 0.175. The summed E-state index contributed by atoms with van der Waals surface area (Å²) >= 11 is 0. The fraction of sp³-hybridized carbons (Fsp3) is 0.393. The lowest BCUT2D eigenvalue weighted by atomic mass is 9.87. The van der Waals surface area contributed by atoms with E-state index in [-0.39, 0.29) is 6.04 Å². The molecular weight excluding hydrogens is 456 g/mol. The zero-order valence-corrected chi connectivity index (χ0v) is 20.3. The number of carboxylic acids is 2. The van der Waals surface area contributed by atoms with E-state index in [0.717, 1.165) is 68.9 Å². The van der Waals surface area contributed by atoms with Crippen LogP contribution in [0.15, 0.2) is 60.9 Å². The Hall–Kier alpha value is -3.49. The number of aryl methyl sites for hydroxylation is 1. The van der Waals surface area contributed by atoms with Crippen molar-refractivity contribution in [3.8, 4) is 0 Å². The summed E-state index contributed by atoms with van der Waals surface area (Å²) in [5.41, 5.74) is 2.69. The van der Waals surface area contributed by atoms with Crippen molar-refractivity contribution in [3.63, 3.8) is 0 Å². The van der Waals surface area contributed by atoms with Crippen molar-refractivity contribution < 1.29 is 19.8 Å². The molecule has 0 saturated carbocycles. The van der Waals surface area contributed by atoms with Gasteiger partial charge in [0.1, 0.15) is 5.82 Å². The van der Waals surface area contributed by atoms with Crippen LogP contribution in [0.3, 0.4) is 0 Å². The van der Waals surface area contributed by atoms with Crippen molar-refractivity contribution in [3.05, 3.63) is 89.0 Å². The Balaban J connectivity index is 1.31. The standard InChI is InChI=1S/C28H32N4O4/c33-27(34)23-6-1-4-20(16-23)18-30-13-8-22(9-14-30)25-26-29-10-15-31(26)11-3-12-32(25)19-21-5-2-7-24(17-21)28(35)36/h1-2,4-7,10,15-17,22,25H,3,8-9,11-14,18-19H2,(H,33,34)(H,35,36). The largest absolute Gasteiger partial charge is 0.478 e. The molecule has 2 aliphatic heterocycles. The fourth-order valence-corrected chi connectivity index (χ4v) is 5.73. The van der Waals surface area contributed by atoms with Crippen LogP contribution in [0.4, 0.5) is 0 Å². The number of aromatic nitrogens is 2. The first-order valence-electron chi connectivity index (χ1n) is 12.6. The Morgan fingerprint density at radius 1 is 0.861 bits per heavy atom. The molecule has 8 heteroatoms. The van der Waals surface area contributed by atoms with Crippen molar-refractivity contribution >= 4 is 11.9 Å². The van der Waals surface area contributed by atoms with Crippen LogP contribution in [0.25, 0.3) is 0 Å². The summed E-state index contributed by atoms with van der Waals surface area (Å²) in [4.78, 5) is 32.5. The smallest absolute Gasteiger partial charge is 0.335 e. The van der Waals surface area contributed by atoms with E-state index in [1.54, 1.807) is 24.3 Å². The Bertz CT molecular complexity index is 1230. The Kier molecular flexibility index (Phi) is 7.16. The summed E-state index contributed by atoms with van der Waals surface area (Å²) < 4.78 is 2.28. The molecule has 0 radical (unpaired) electrons. The van der Waals surface area contributed by atoms with Crippen LogP contribution < -0.4 is 0 Å². The van der Waals surface area contributed by atoms with Crippen molar-refractivity contribution in [1.82, 2.24) is 19.4 Å². The topological polar surface area (TPSA) is 98.9 Å². The second-order valence-corrected chi connectivity index (χ2v) is 9.87. The molecule has 1 aromatic heterocycles. The quantitative estimate of drug-likeness (QED) is 0.516. The molecule has 1 fully saturated rings. The zero-order chi connectivity index (χ0) is 25.1. The first-order chi connectivity index (χ1) is 17.5. The van der Waals surface area contributed by atoms with Crippen LogP contribution in [-0.4, -0.2) is 61.1 Å². The van der Waals surface area contributed by atoms with E-state index in [9.17, 15) is 19.8 Å². The molecule has 5 rings (SSSR count). The molecule has 1 unspecified atom stereocenters. The van der Waals surface area contributed by atoms with Crippen LogP contribution >= 0.6 is 0 Å². The predicted octanol–water partition coefficient (Wildman–Crippen LogP) is 4.14. The van der Waals surface area contributed by atoms with Gasteiger partial charge in [0, 0.05) is 38.6 Å². The number of piperidine rings is 1.